The molecule has 0 bridgehead atoms. The standard InChI is InChI=1S/C18H19NO3/c1-12-4-3-5-13(2)18(12)19-17(20)11-14-6-7-15-16(10-14)22-9-8-21-15/h3-7,10H,8-9,11H2,1-2H3,(H,19,20). The summed E-state index contributed by atoms with van der Waals surface area (Å²) in [7, 11) is 0. The molecule has 3 rings (SSSR count). The van der Waals surface area contributed by atoms with Gasteiger partial charge >= 0.3 is 0 Å². The fourth-order valence-corrected chi connectivity index (χ4v) is 2.58. The summed E-state index contributed by atoms with van der Waals surface area (Å²) >= 11 is 0. The van der Waals surface area contributed by atoms with Gasteiger partial charge in [0.1, 0.15) is 13.2 Å². The molecule has 0 saturated heterocycles. The largest absolute Gasteiger partial charge is 0.486 e. The van der Waals surface area contributed by atoms with E-state index in [1.54, 1.807) is 0 Å². The quantitative estimate of drug-likeness (QED) is 0.946. The number of hydrogen-bond donors (Lipinski definition) is 1. The zero-order valence-corrected chi connectivity index (χ0v) is 12.8. The van der Waals surface area contributed by atoms with Gasteiger partial charge in [0.25, 0.3) is 0 Å². The minimum absolute atomic E-state index is 0.0333. The number of ether oxygens (including phenoxy) is 2. The third kappa shape index (κ3) is 3.06. The lowest BCUT2D eigenvalue weighted by Gasteiger charge is -2.19. The van der Waals surface area contributed by atoms with Crippen LogP contribution in [0.15, 0.2) is 36.4 Å². The molecule has 0 saturated carbocycles. The molecule has 1 heterocycles. The van der Waals surface area contributed by atoms with Gasteiger partial charge in [-0.05, 0) is 42.7 Å². The molecule has 4 nitrogen and oxygen atoms in total. The van der Waals surface area contributed by atoms with E-state index >= 15 is 0 Å². The SMILES string of the molecule is Cc1cccc(C)c1NC(=O)Cc1ccc2c(c1)OCCO2. The van der Waals surface area contributed by atoms with Crippen LogP contribution >= 0.6 is 0 Å². The molecular weight excluding hydrogens is 278 g/mol. The second-order valence-corrected chi connectivity index (χ2v) is 5.47. The highest BCUT2D eigenvalue weighted by atomic mass is 16.6. The summed E-state index contributed by atoms with van der Waals surface area (Å²) in [6, 6.07) is 11.6. The van der Waals surface area contributed by atoms with Crippen molar-refractivity contribution in [2.24, 2.45) is 0 Å². The van der Waals surface area contributed by atoms with Gasteiger partial charge in [0.15, 0.2) is 11.5 Å². The monoisotopic (exact) mass is 297 g/mol. The molecule has 2 aromatic rings. The Hall–Kier alpha value is -2.49. The third-order valence-corrected chi connectivity index (χ3v) is 3.72. The molecule has 1 amide bonds. The van der Waals surface area contributed by atoms with Crippen LogP contribution in [0.5, 0.6) is 11.5 Å². The Morgan fingerprint density at radius 2 is 1.73 bits per heavy atom. The van der Waals surface area contributed by atoms with Gasteiger partial charge in [0.2, 0.25) is 5.91 Å². The van der Waals surface area contributed by atoms with Gasteiger partial charge in [-0.25, -0.2) is 0 Å². The van der Waals surface area contributed by atoms with Crippen molar-refractivity contribution in [2.75, 3.05) is 18.5 Å². The molecule has 0 fully saturated rings. The van der Waals surface area contributed by atoms with E-state index in [0.717, 1.165) is 28.1 Å². The van der Waals surface area contributed by atoms with Crippen LogP contribution in [0.25, 0.3) is 0 Å². The van der Waals surface area contributed by atoms with Crippen LogP contribution in [0, 0.1) is 13.8 Å². The Morgan fingerprint density at radius 3 is 2.45 bits per heavy atom. The fourth-order valence-electron chi connectivity index (χ4n) is 2.58. The molecule has 1 aliphatic rings. The number of carbonyl (C=O) groups is 1. The number of rotatable bonds is 3. The Bertz CT molecular complexity index is 689. The van der Waals surface area contributed by atoms with Crippen molar-refractivity contribution in [3.8, 4) is 11.5 Å². The molecule has 0 spiro atoms. The first-order valence-corrected chi connectivity index (χ1v) is 7.38. The maximum Gasteiger partial charge on any atom is 0.228 e. The molecule has 0 radical (unpaired) electrons. The summed E-state index contributed by atoms with van der Waals surface area (Å²) in [5.74, 6) is 1.42. The van der Waals surface area contributed by atoms with Gasteiger partial charge in [-0.2, -0.15) is 0 Å². The average Bonchev–Trinajstić information content (AvgIpc) is 2.51. The van der Waals surface area contributed by atoms with Crippen LogP contribution in [0.4, 0.5) is 5.69 Å². The summed E-state index contributed by atoms with van der Waals surface area (Å²) < 4.78 is 11.0. The van der Waals surface area contributed by atoms with Crippen molar-refractivity contribution >= 4 is 11.6 Å². The highest BCUT2D eigenvalue weighted by Gasteiger charge is 2.14. The number of hydrogen-bond acceptors (Lipinski definition) is 3. The second kappa shape index (κ2) is 6.10. The summed E-state index contributed by atoms with van der Waals surface area (Å²) in [5.41, 5.74) is 3.93. The van der Waals surface area contributed by atoms with Crippen LogP contribution in [0.3, 0.4) is 0 Å². The lowest BCUT2D eigenvalue weighted by atomic mass is 10.1. The maximum absolute atomic E-state index is 12.3. The number of para-hydroxylation sites is 1. The minimum Gasteiger partial charge on any atom is -0.486 e. The van der Waals surface area contributed by atoms with Crippen LogP contribution in [0.1, 0.15) is 16.7 Å². The van der Waals surface area contributed by atoms with Crippen LogP contribution < -0.4 is 14.8 Å². The first-order valence-electron chi connectivity index (χ1n) is 7.38. The Morgan fingerprint density at radius 1 is 1.05 bits per heavy atom. The minimum atomic E-state index is -0.0333. The molecule has 0 atom stereocenters. The molecule has 1 N–H and O–H groups in total. The van der Waals surface area contributed by atoms with E-state index in [1.807, 2.05) is 50.2 Å². The van der Waals surface area contributed by atoms with E-state index in [0.29, 0.717) is 25.4 Å². The average molecular weight is 297 g/mol. The zero-order chi connectivity index (χ0) is 15.5. The summed E-state index contributed by atoms with van der Waals surface area (Å²) in [4.78, 5) is 12.3. The van der Waals surface area contributed by atoms with E-state index in [9.17, 15) is 4.79 Å². The molecule has 1 aliphatic heterocycles. The van der Waals surface area contributed by atoms with Crippen molar-refractivity contribution in [1.82, 2.24) is 0 Å². The van der Waals surface area contributed by atoms with Gasteiger partial charge in [-0.3, -0.25) is 4.79 Å². The Balaban J connectivity index is 1.72. The molecule has 0 unspecified atom stereocenters. The van der Waals surface area contributed by atoms with Gasteiger partial charge in [-0.1, -0.05) is 24.3 Å². The number of benzene rings is 2. The summed E-state index contributed by atoms with van der Waals surface area (Å²) in [6.45, 7) is 5.10. The van der Waals surface area contributed by atoms with Crippen molar-refractivity contribution in [1.29, 1.82) is 0 Å². The Labute approximate surface area is 130 Å². The van der Waals surface area contributed by atoms with Crippen LogP contribution in [-0.2, 0) is 11.2 Å². The van der Waals surface area contributed by atoms with Crippen LogP contribution in [-0.4, -0.2) is 19.1 Å². The molecule has 4 heteroatoms. The number of anilines is 1. The predicted octanol–water partition coefficient (Wildman–Crippen LogP) is 3.26. The van der Waals surface area contributed by atoms with E-state index in [-0.39, 0.29) is 5.91 Å². The smallest absolute Gasteiger partial charge is 0.228 e. The number of carbonyl (C=O) groups excluding carboxylic acids is 1. The van der Waals surface area contributed by atoms with Crippen molar-refractivity contribution in [3.63, 3.8) is 0 Å². The molecule has 22 heavy (non-hydrogen) atoms. The van der Waals surface area contributed by atoms with E-state index in [4.69, 9.17) is 9.47 Å². The second-order valence-electron chi connectivity index (χ2n) is 5.47. The molecule has 0 aliphatic carbocycles. The van der Waals surface area contributed by atoms with Crippen LogP contribution in [0.2, 0.25) is 0 Å². The van der Waals surface area contributed by atoms with Gasteiger partial charge in [0, 0.05) is 5.69 Å². The molecular formula is C18H19NO3. The lowest BCUT2D eigenvalue weighted by molar-refractivity contribution is -0.115. The molecule has 2 aromatic carbocycles. The molecule has 0 aromatic heterocycles. The van der Waals surface area contributed by atoms with E-state index in [2.05, 4.69) is 5.32 Å². The van der Waals surface area contributed by atoms with E-state index in [1.165, 1.54) is 0 Å². The highest BCUT2D eigenvalue weighted by molar-refractivity contribution is 5.93. The Kier molecular flexibility index (Phi) is 4.00. The van der Waals surface area contributed by atoms with Crippen molar-refractivity contribution in [2.45, 2.75) is 20.3 Å². The van der Waals surface area contributed by atoms with Gasteiger partial charge < -0.3 is 14.8 Å². The van der Waals surface area contributed by atoms with Gasteiger partial charge in [-0.15, -0.1) is 0 Å². The van der Waals surface area contributed by atoms with Crippen molar-refractivity contribution in [3.05, 3.63) is 53.1 Å². The number of fused-ring (bicyclic) bond motifs is 1. The number of aryl methyl sites for hydroxylation is 2. The lowest BCUT2D eigenvalue weighted by Crippen LogP contribution is -2.17. The maximum atomic E-state index is 12.3. The fraction of sp³-hybridized carbons (Fsp3) is 0.278. The first kappa shape index (κ1) is 14.4. The highest BCUT2D eigenvalue weighted by Crippen LogP contribution is 2.31. The zero-order valence-electron chi connectivity index (χ0n) is 12.8. The number of nitrogens with one attached hydrogen (secondary N) is 1. The first-order chi connectivity index (χ1) is 10.6. The normalized spacial score (nSPS) is 12.8. The van der Waals surface area contributed by atoms with E-state index < -0.39 is 0 Å². The van der Waals surface area contributed by atoms with Gasteiger partial charge in [0.05, 0.1) is 6.42 Å². The molecule has 114 valence electrons. The summed E-state index contributed by atoms with van der Waals surface area (Å²) in [6.07, 6.45) is 0.310. The predicted molar refractivity (Wildman–Crippen MR) is 85.7 cm³/mol. The van der Waals surface area contributed by atoms with Crippen molar-refractivity contribution < 1.29 is 14.3 Å². The number of amides is 1. The topological polar surface area (TPSA) is 47.6 Å². The summed E-state index contributed by atoms with van der Waals surface area (Å²) in [5, 5.41) is 3.00. The third-order valence-electron chi connectivity index (χ3n) is 3.72.